The molecular formula is C13H16O4. The lowest BCUT2D eigenvalue weighted by molar-refractivity contribution is -0.139. The molecule has 2 rings (SSSR count). The van der Waals surface area contributed by atoms with Crippen molar-refractivity contribution in [2.45, 2.75) is 26.2 Å². The van der Waals surface area contributed by atoms with Crippen LogP contribution in [0, 0.1) is 0 Å². The lowest BCUT2D eigenvalue weighted by atomic mass is 10.1. The molecule has 1 aromatic carbocycles. The van der Waals surface area contributed by atoms with Gasteiger partial charge in [0.15, 0.2) is 0 Å². The number of ether oxygens (including phenoxy) is 1. The number of ketones is 1. The summed E-state index contributed by atoms with van der Waals surface area (Å²) in [6, 6.07) is 8.25. The SMILES string of the molecule is CC(=O)CC(=O)O.c1ccc2c(c1)CCCO2. The number of aliphatic carboxylic acids is 1. The Bertz CT molecular complexity index is 361. The lowest BCUT2D eigenvalue weighted by Crippen LogP contribution is -2.07. The highest BCUT2D eigenvalue weighted by molar-refractivity contribution is 5.93. The van der Waals surface area contributed by atoms with Gasteiger partial charge in [-0.2, -0.15) is 0 Å². The van der Waals surface area contributed by atoms with E-state index in [0.717, 1.165) is 18.8 Å². The van der Waals surface area contributed by atoms with Crippen molar-refractivity contribution in [3.05, 3.63) is 29.8 Å². The minimum atomic E-state index is -1.06. The molecule has 0 spiro atoms. The first-order valence-corrected chi connectivity index (χ1v) is 5.51. The van der Waals surface area contributed by atoms with Gasteiger partial charge in [0.25, 0.3) is 0 Å². The van der Waals surface area contributed by atoms with Crippen LogP contribution in [0.15, 0.2) is 24.3 Å². The molecule has 0 radical (unpaired) electrons. The van der Waals surface area contributed by atoms with E-state index in [9.17, 15) is 9.59 Å². The normalized spacial score (nSPS) is 12.5. The number of hydrogen-bond donors (Lipinski definition) is 1. The van der Waals surface area contributed by atoms with E-state index >= 15 is 0 Å². The Kier molecular flexibility index (Phi) is 5.20. The Morgan fingerprint density at radius 3 is 2.59 bits per heavy atom. The number of carbonyl (C=O) groups excluding carboxylic acids is 1. The molecule has 92 valence electrons. The first kappa shape index (κ1) is 13.2. The molecule has 1 N–H and O–H groups in total. The van der Waals surface area contributed by atoms with Gasteiger partial charge in [0.2, 0.25) is 0 Å². The van der Waals surface area contributed by atoms with Crippen LogP contribution in [0.4, 0.5) is 0 Å². The van der Waals surface area contributed by atoms with Crippen molar-refractivity contribution < 1.29 is 19.4 Å². The highest BCUT2D eigenvalue weighted by Crippen LogP contribution is 2.22. The summed E-state index contributed by atoms with van der Waals surface area (Å²) in [6.07, 6.45) is 1.98. The molecule has 0 unspecified atom stereocenters. The number of benzene rings is 1. The predicted molar refractivity (Wildman–Crippen MR) is 63.2 cm³/mol. The van der Waals surface area contributed by atoms with Gasteiger partial charge < -0.3 is 9.84 Å². The maximum absolute atomic E-state index is 9.87. The summed E-state index contributed by atoms with van der Waals surface area (Å²) in [5, 5.41) is 7.86. The van der Waals surface area contributed by atoms with Crippen LogP contribution in [0.25, 0.3) is 0 Å². The Balaban J connectivity index is 0.000000185. The van der Waals surface area contributed by atoms with Gasteiger partial charge in [-0.1, -0.05) is 18.2 Å². The minimum Gasteiger partial charge on any atom is -0.493 e. The molecule has 1 aromatic rings. The van der Waals surface area contributed by atoms with Crippen molar-refractivity contribution >= 4 is 11.8 Å². The Labute approximate surface area is 100 Å². The third kappa shape index (κ3) is 5.15. The van der Waals surface area contributed by atoms with E-state index < -0.39 is 5.97 Å². The van der Waals surface area contributed by atoms with Crippen molar-refractivity contribution in [3.8, 4) is 5.75 Å². The summed E-state index contributed by atoms with van der Waals surface area (Å²) in [5.41, 5.74) is 1.36. The topological polar surface area (TPSA) is 63.6 Å². The number of fused-ring (bicyclic) bond motifs is 1. The van der Waals surface area contributed by atoms with Crippen molar-refractivity contribution in [3.63, 3.8) is 0 Å². The first-order valence-electron chi connectivity index (χ1n) is 5.51. The molecule has 0 saturated heterocycles. The second-order valence-corrected chi connectivity index (χ2v) is 3.83. The third-order valence-corrected chi connectivity index (χ3v) is 2.22. The van der Waals surface area contributed by atoms with Gasteiger partial charge in [0, 0.05) is 0 Å². The van der Waals surface area contributed by atoms with E-state index in [0.29, 0.717) is 0 Å². The summed E-state index contributed by atoms with van der Waals surface area (Å²) >= 11 is 0. The van der Waals surface area contributed by atoms with Gasteiger partial charge >= 0.3 is 5.97 Å². The number of carbonyl (C=O) groups is 2. The number of hydrogen-bond acceptors (Lipinski definition) is 3. The van der Waals surface area contributed by atoms with Gasteiger partial charge in [-0.25, -0.2) is 0 Å². The molecule has 1 heterocycles. The fourth-order valence-corrected chi connectivity index (χ4v) is 1.51. The highest BCUT2D eigenvalue weighted by atomic mass is 16.5. The largest absolute Gasteiger partial charge is 0.493 e. The fraction of sp³-hybridized carbons (Fsp3) is 0.385. The monoisotopic (exact) mass is 236 g/mol. The van der Waals surface area contributed by atoms with Gasteiger partial charge in [-0.3, -0.25) is 9.59 Å². The number of rotatable bonds is 2. The van der Waals surface area contributed by atoms with Crippen LogP contribution in [-0.4, -0.2) is 23.5 Å². The average molecular weight is 236 g/mol. The van der Waals surface area contributed by atoms with E-state index in [-0.39, 0.29) is 12.2 Å². The van der Waals surface area contributed by atoms with Crippen LogP contribution in [0.2, 0.25) is 0 Å². The van der Waals surface area contributed by atoms with E-state index in [1.54, 1.807) is 0 Å². The maximum atomic E-state index is 9.87. The molecular weight excluding hydrogens is 220 g/mol. The van der Waals surface area contributed by atoms with Crippen molar-refractivity contribution in [2.75, 3.05) is 6.61 Å². The molecule has 0 fully saturated rings. The van der Waals surface area contributed by atoms with Gasteiger partial charge in [-0.05, 0) is 31.4 Å². The van der Waals surface area contributed by atoms with E-state index in [1.165, 1.54) is 18.9 Å². The lowest BCUT2D eigenvalue weighted by Gasteiger charge is -2.15. The van der Waals surface area contributed by atoms with Crippen molar-refractivity contribution in [2.24, 2.45) is 0 Å². The first-order chi connectivity index (χ1) is 8.09. The highest BCUT2D eigenvalue weighted by Gasteiger charge is 2.06. The quantitative estimate of drug-likeness (QED) is 0.798. The van der Waals surface area contributed by atoms with E-state index in [1.807, 2.05) is 12.1 Å². The number of para-hydroxylation sites is 1. The zero-order valence-electron chi connectivity index (χ0n) is 9.81. The third-order valence-electron chi connectivity index (χ3n) is 2.22. The van der Waals surface area contributed by atoms with E-state index in [4.69, 9.17) is 9.84 Å². The second kappa shape index (κ2) is 6.68. The molecule has 0 aromatic heterocycles. The average Bonchev–Trinajstić information content (AvgIpc) is 2.28. The number of Topliss-reactive ketones (excluding diaryl/α,β-unsaturated/α-hetero) is 1. The van der Waals surface area contributed by atoms with Gasteiger partial charge in [0.05, 0.1) is 6.61 Å². The second-order valence-electron chi connectivity index (χ2n) is 3.83. The summed E-state index contributed by atoms with van der Waals surface area (Å²) in [7, 11) is 0. The summed E-state index contributed by atoms with van der Waals surface area (Å²) < 4.78 is 5.42. The van der Waals surface area contributed by atoms with Gasteiger partial charge in [0.1, 0.15) is 18.0 Å². The van der Waals surface area contributed by atoms with Crippen LogP contribution in [0.5, 0.6) is 5.75 Å². The number of aryl methyl sites for hydroxylation is 1. The molecule has 1 aliphatic heterocycles. The maximum Gasteiger partial charge on any atom is 0.310 e. The van der Waals surface area contributed by atoms with Crippen LogP contribution in [-0.2, 0) is 16.0 Å². The fourth-order valence-electron chi connectivity index (χ4n) is 1.51. The van der Waals surface area contributed by atoms with Crippen molar-refractivity contribution in [1.29, 1.82) is 0 Å². The smallest absolute Gasteiger partial charge is 0.310 e. The Hall–Kier alpha value is -1.84. The van der Waals surface area contributed by atoms with Crippen molar-refractivity contribution in [1.82, 2.24) is 0 Å². The van der Waals surface area contributed by atoms with Gasteiger partial charge in [-0.15, -0.1) is 0 Å². The number of carboxylic acids is 1. The Morgan fingerprint density at radius 1 is 1.35 bits per heavy atom. The summed E-state index contributed by atoms with van der Waals surface area (Å²) in [5.74, 6) is -0.297. The van der Waals surface area contributed by atoms with Crippen LogP contribution in [0.3, 0.4) is 0 Å². The van der Waals surface area contributed by atoms with Crippen LogP contribution < -0.4 is 4.74 Å². The minimum absolute atomic E-state index is 0.312. The molecule has 0 atom stereocenters. The van der Waals surface area contributed by atoms with Crippen LogP contribution >= 0.6 is 0 Å². The zero-order valence-corrected chi connectivity index (χ0v) is 9.81. The molecule has 17 heavy (non-hydrogen) atoms. The van der Waals surface area contributed by atoms with E-state index in [2.05, 4.69) is 12.1 Å². The molecule has 0 saturated carbocycles. The molecule has 0 amide bonds. The standard InChI is InChI=1S/C9H10O.C4H6O3/c1-2-6-9-8(4-1)5-3-7-10-9;1-3(5)2-4(6)7/h1-2,4,6H,3,5,7H2;2H2,1H3,(H,6,7). The number of carboxylic acid groups (broad SMARTS) is 1. The molecule has 4 heteroatoms. The molecule has 1 aliphatic rings. The molecule has 0 bridgehead atoms. The Morgan fingerprint density at radius 2 is 2.06 bits per heavy atom. The molecule has 0 aliphatic carbocycles. The summed E-state index contributed by atoms with van der Waals surface area (Å²) in [6.45, 7) is 2.13. The predicted octanol–water partition coefficient (Wildman–Crippen LogP) is 2.06. The summed E-state index contributed by atoms with van der Waals surface area (Å²) in [4.78, 5) is 19.5. The molecule has 4 nitrogen and oxygen atoms in total. The zero-order chi connectivity index (χ0) is 12.7. The van der Waals surface area contributed by atoms with Crippen LogP contribution in [0.1, 0.15) is 25.3 Å².